The molecule has 0 fully saturated rings. The first-order valence-electron chi connectivity index (χ1n) is 6.42. The van der Waals surface area contributed by atoms with E-state index < -0.39 is 5.97 Å². The van der Waals surface area contributed by atoms with Gasteiger partial charge in [0.1, 0.15) is 5.69 Å². The number of aromatic nitrogens is 1. The average molecular weight is 348 g/mol. The van der Waals surface area contributed by atoms with Crippen molar-refractivity contribution < 1.29 is 9.53 Å². The van der Waals surface area contributed by atoms with Gasteiger partial charge < -0.3 is 15.0 Å². The molecule has 21 heavy (non-hydrogen) atoms. The van der Waals surface area contributed by atoms with E-state index in [2.05, 4.69) is 32.3 Å². The van der Waals surface area contributed by atoms with Crippen LogP contribution in [0.2, 0.25) is 0 Å². The minimum Gasteiger partial charge on any atom is -0.461 e. The maximum absolute atomic E-state index is 11.8. The Labute approximate surface area is 131 Å². The van der Waals surface area contributed by atoms with Crippen LogP contribution in [-0.4, -0.2) is 17.6 Å². The largest absolute Gasteiger partial charge is 0.461 e. The Morgan fingerprint density at radius 3 is 3.00 bits per heavy atom. The van der Waals surface area contributed by atoms with E-state index in [1.807, 2.05) is 12.1 Å². The Kier molecular flexibility index (Phi) is 5.01. The van der Waals surface area contributed by atoms with Gasteiger partial charge in [-0.15, -0.1) is 0 Å². The number of benzene rings is 1. The zero-order valence-corrected chi connectivity index (χ0v) is 13.0. The van der Waals surface area contributed by atoms with Crippen molar-refractivity contribution in [3.63, 3.8) is 0 Å². The maximum Gasteiger partial charge on any atom is 0.356 e. The number of rotatable bonds is 5. The minimum atomic E-state index is -0.402. The van der Waals surface area contributed by atoms with Crippen LogP contribution in [0.1, 0.15) is 28.5 Å². The average Bonchev–Trinajstić information content (AvgIpc) is 2.94. The van der Waals surface area contributed by atoms with Crippen molar-refractivity contribution in [1.82, 2.24) is 4.98 Å². The van der Waals surface area contributed by atoms with Gasteiger partial charge >= 0.3 is 5.97 Å². The summed E-state index contributed by atoms with van der Waals surface area (Å²) in [5.41, 5.74) is 2.48. The molecule has 6 heteroatoms. The highest BCUT2D eigenvalue weighted by Crippen LogP contribution is 2.19. The van der Waals surface area contributed by atoms with Crippen LogP contribution in [-0.2, 0) is 11.3 Å². The van der Waals surface area contributed by atoms with Crippen LogP contribution in [0.5, 0.6) is 0 Å². The molecule has 1 heterocycles. The highest BCUT2D eigenvalue weighted by atomic mass is 79.9. The van der Waals surface area contributed by atoms with E-state index in [-0.39, 0.29) is 0 Å². The van der Waals surface area contributed by atoms with E-state index in [9.17, 15) is 4.79 Å². The third kappa shape index (κ3) is 3.64. The van der Waals surface area contributed by atoms with Crippen LogP contribution in [0.3, 0.4) is 0 Å². The highest BCUT2D eigenvalue weighted by molar-refractivity contribution is 9.10. The number of H-pyrrole nitrogens is 1. The number of nitrogens with zero attached hydrogens (tertiary/aromatic N) is 1. The summed E-state index contributed by atoms with van der Waals surface area (Å²) in [6.07, 6.45) is 1.67. The van der Waals surface area contributed by atoms with Crippen LogP contribution in [0.15, 0.2) is 34.9 Å². The van der Waals surface area contributed by atoms with Gasteiger partial charge in [-0.25, -0.2) is 4.79 Å². The summed E-state index contributed by atoms with van der Waals surface area (Å²) in [7, 11) is 0. The van der Waals surface area contributed by atoms with Crippen LogP contribution >= 0.6 is 15.9 Å². The molecule has 0 radical (unpaired) electrons. The second-order valence-electron chi connectivity index (χ2n) is 4.25. The molecule has 0 amide bonds. The fraction of sp³-hybridized carbons (Fsp3) is 0.200. The molecule has 0 bridgehead atoms. The minimum absolute atomic E-state index is 0.322. The SMILES string of the molecule is CCOC(=O)c1[nH]ccc1NCc1ccc(Br)cc1C#N. The summed E-state index contributed by atoms with van der Waals surface area (Å²) in [6.45, 7) is 2.53. The number of hydrogen-bond donors (Lipinski definition) is 2. The number of nitriles is 1. The summed E-state index contributed by atoms with van der Waals surface area (Å²) >= 11 is 3.34. The van der Waals surface area contributed by atoms with E-state index in [1.54, 1.807) is 25.3 Å². The molecular formula is C15H14BrN3O2. The number of anilines is 1. The Hall–Kier alpha value is -2.26. The lowest BCUT2D eigenvalue weighted by Gasteiger charge is -2.09. The van der Waals surface area contributed by atoms with Gasteiger partial charge in [0, 0.05) is 17.2 Å². The molecule has 0 aliphatic rings. The molecule has 5 nitrogen and oxygen atoms in total. The van der Waals surface area contributed by atoms with E-state index >= 15 is 0 Å². The van der Waals surface area contributed by atoms with Gasteiger partial charge in [-0.3, -0.25) is 0 Å². The molecule has 0 saturated heterocycles. The summed E-state index contributed by atoms with van der Waals surface area (Å²) in [6, 6.07) is 9.42. The number of esters is 1. The van der Waals surface area contributed by atoms with E-state index in [0.29, 0.717) is 30.1 Å². The van der Waals surface area contributed by atoms with Crippen LogP contribution in [0.25, 0.3) is 0 Å². The third-order valence-corrected chi connectivity index (χ3v) is 3.38. The van der Waals surface area contributed by atoms with Gasteiger partial charge in [-0.1, -0.05) is 22.0 Å². The molecule has 1 aromatic carbocycles. The van der Waals surface area contributed by atoms with Gasteiger partial charge in [0.25, 0.3) is 0 Å². The monoisotopic (exact) mass is 347 g/mol. The smallest absolute Gasteiger partial charge is 0.356 e. The van der Waals surface area contributed by atoms with Gasteiger partial charge in [0.2, 0.25) is 0 Å². The fourth-order valence-corrected chi connectivity index (χ4v) is 2.25. The summed E-state index contributed by atoms with van der Waals surface area (Å²) in [5.74, 6) is -0.402. The molecule has 108 valence electrons. The lowest BCUT2D eigenvalue weighted by molar-refractivity contribution is 0.0521. The molecule has 0 atom stereocenters. The number of carbonyl (C=O) groups excluding carboxylic acids is 1. The molecule has 0 saturated carbocycles. The molecular weight excluding hydrogens is 334 g/mol. The Morgan fingerprint density at radius 2 is 2.29 bits per heavy atom. The van der Waals surface area contributed by atoms with Crippen LogP contribution in [0.4, 0.5) is 5.69 Å². The van der Waals surface area contributed by atoms with Gasteiger partial charge in [-0.05, 0) is 30.7 Å². The number of hydrogen-bond acceptors (Lipinski definition) is 4. The van der Waals surface area contributed by atoms with Crippen LogP contribution in [0, 0.1) is 11.3 Å². The quantitative estimate of drug-likeness (QED) is 0.812. The van der Waals surface area contributed by atoms with Gasteiger partial charge in [0.05, 0.1) is 23.9 Å². The maximum atomic E-state index is 11.8. The van der Waals surface area contributed by atoms with Crippen molar-refractivity contribution in [2.75, 3.05) is 11.9 Å². The molecule has 2 N–H and O–H groups in total. The topological polar surface area (TPSA) is 77.9 Å². The van der Waals surface area contributed by atoms with E-state index in [0.717, 1.165) is 10.0 Å². The molecule has 0 aliphatic heterocycles. The van der Waals surface area contributed by atoms with Crippen molar-refractivity contribution in [1.29, 1.82) is 5.26 Å². The first-order chi connectivity index (χ1) is 10.2. The zero-order valence-electron chi connectivity index (χ0n) is 11.4. The number of nitrogens with one attached hydrogen (secondary N) is 2. The Bertz CT molecular complexity index is 688. The van der Waals surface area contributed by atoms with Crippen LogP contribution < -0.4 is 5.32 Å². The predicted octanol–water partition coefficient (Wildman–Crippen LogP) is 3.44. The molecule has 0 unspecified atom stereocenters. The second kappa shape index (κ2) is 6.95. The Balaban J connectivity index is 2.13. The van der Waals surface area contributed by atoms with Crippen molar-refractivity contribution in [3.8, 4) is 6.07 Å². The zero-order chi connectivity index (χ0) is 15.2. The van der Waals surface area contributed by atoms with Crippen molar-refractivity contribution in [2.45, 2.75) is 13.5 Å². The van der Waals surface area contributed by atoms with E-state index in [1.165, 1.54) is 0 Å². The fourth-order valence-electron chi connectivity index (χ4n) is 1.89. The normalized spacial score (nSPS) is 9.95. The number of halogens is 1. The first-order valence-corrected chi connectivity index (χ1v) is 7.22. The van der Waals surface area contributed by atoms with Crippen molar-refractivity contribution >= 4 is 27.6 Å². The molecule has 2 aromatic rings. The predicted molar refractivity (Wildman–Crippen MR) is 82.9 cm³/mol. The Morgan fingerprint density at radius 1 is 1.48 bits per heavy atom. The lowest BCUT2D eigenvalue weighted by Crippen LogP contribution is -2.09. The van der Waals surface area contributed by atoms with Gasteiger partial charge in [-0.2, -0.15) is 5.26 Å². The first kappa shape index (κ1) is 15.1. The van der Waals surface area contributed by atoms with Crippen molar-refractivity contribution in [3.05, 3.63) is 51.8 Å². The summed E-state index contributed by atoms with van der Waals surface area (Å²) in [4.78, 5) is 14.6. The number of ether oxygens (including phenoxy) is 1. The van der Waals surface area contributed by atoms with E-state index in [4.69, 9.17) is 10.00 Å². The number of carbonyl (C=O) groups is 1. The third-order valence-electron chi connectivity index (χ3n) is 2.89. The van der Waals surface area contributed by atoms with Gasteiger partial charge in [0.15, 0.2) is 0 Å². The standard InChI is InChI=1S/C15H14BrN3O2/c1-2-21-15(20)14-13(5-6-18-14)19-9-10-3-4-12(16)7-11(10)8-17/h3-7,18-19H,2,9H2,1H3. The van der Waals surface area contributed by atoms with Crippen molar-refractivity contribution in [2.24, 2.45) is 0 Å². The molecule has 0 aliphatic carbocycles. The molecule has 1 aromatic heterocycles. The summed E-state index contributed by atoms with van der Waals surface area (Å²) < 4.78 is 5.83. The second-order valence-corrected chi connectivity index (χ2v) is 5.17. The number of aromatic amines is 1. The lowest BCUT2D eigenvalue weighted by atomic mass is 10.1. The summed E-state index contributed by atoms with van der Waals surface area (Å²) in [5, 5.41) is 12.3. The highest BCUT2D eigenvalue weighted by Gasteiger charge is 2.14. The molecule has 2 rings (SSSR count). The molecule has 0 spiro atoms.